The Kier molecular flexibility index (Phi) is 3.71. The zero-order chi connectivity index (χ0) is 14.8. The molecule has 2 aromatic carbocycles. The first-order valence-electron chi connectivity index (χ1n) is 6.68. The Hall–Kier alpha value is -2.20. The molecule has 106 valence electrons. The van der Waals surface area contributed by atoms with Crippen molar-refractivity contribution in [3.63, 3.8) is 0 Å². The summed E-state index contributed by atoms with van der Waals surface area (Å²) in [5.74, 6) is -0.221. The molecule has 2 N–H and O–H groups in total. The van der Waals surface area contributed by atoms with Gasteiger partial charge in [-0.25, -0.2) is 9.37 Å². The highest BCUT2D eigenvalue weighted by molar-refractivity contribution is 7.15. The van der Waals surface area contributed by atoms with Crippen LogP contribution in [-0.2, 0) is 6.42 Å². The van der Waals surface area contributed by atoms with Crippen molar-refractivity contribution in [3.05, 3.63) is 70.4 Å². The van der Waals surface area contributed by atoms with E-state index in [2.05, 4.69) is 24.0 Å². The van der Waals surface area contributed by atoms with Crippen LogP contribution in [0.4, 0.5) is 9.52 Å². The van der Waals surface area contributed by atoms with Crippen LogP contribution in [0.3, 0.4) is 0 Å². The van der Waals surface area contributed by atoms with Gasteiger partial charge in [-0.05, 0) is 30.7 Å². The summed E-state index contributed by atoms with van der Waals surface area (Å²) in [5.41, 5.74) is 10.1. The third-order valence-corrected chi connectivity index (χ3v) is 4.17. The number of aryl methyl sites for hydroxylation is 1. The molecule has 3 rings (SSSR count). The normalized spacial score (nSPS) is 10.8. The number of rotatable bonds is 3. The molecule has 3 aromatic rings. The standard InChI is InChI=1S/C17H15FN2S/c1-11-3-2-4-13(9-11)16-15(21-17(19)20-16)10-12-5-7-14(18)8-6-12/h2-9H,10H2,1H3,(H2,19,20). The molecule has 1 aromatic heterocycles. The molecule has 4 heteroatoms. The first-order chi connectivity index (χ1) is 10.1. The summed E-state index contributed by atoms with van der Waals surface area (Å²) in [4.78, 5) is 5.56. The van der Waals surface area contributed by atoms with Gasteiger partial charge in [0.1, 0.15) is 5.82 Å². The molecule has 2 nitrogen and oxygen atoms in total. The van der Waals surface area contributed by atoms with Gasteiger partial charge < -0.3 is 5.73 Å². The average molecular weight is 298 g/mol. The van der Waals surface area contributed by atoms with Gasteiger partial charge in [0.2, 0.25) is 0 Å². The minimum absolute atomic E-state index is 0.221. The van der Waals surface area contributed by atoms with Gasteiger partial charge in [0, 0.05) is 16.9 Å². The zero-order valence-electron chi connectivity index (χ0n) is 11.6. The van der Waals surface area contributed by atoms with Crippen molar-refractivity contribution in [1.82, 2.24) is 4.98 Å². The number of benzene rings is 2. The van der Waals surface area contributed by atoms with Gasteiger partial charge in [-0.15, -0.1) is 11.3 Å². The number of aromatic nitrogens is 1. The maximum absolute atomic E-state index is 13.0. The number of nitrogens with zero attached hydrogens (tertiary/aromatic N) is 1. The molecule has 0 amide bonds. The smallest absolute Gasteiger partial charge is 0.180 e. The van der Waals surface area contributed by atoms with Crippen LogP contribution in [-0.4, -0.2) is 4.98 Å². The number of nitrogens with two attached hydrogens (primary N) is 1. The third-order valence-electron chi connectivity index (χ3n) is 3.28. The second-order valence-corrected chi connectivity index (χ2v) is 6.11. The fraction of sp³-hybridized carbons (Fsp3) is 0.118. The van der Waals surface area contributed by atoms with Gasteiger partial charge in [0.05, 0.1) is 5.69 Å². The Labute approximate surface area is 127 Å². The quantitative estimate of drug-likeness (QED) is 0.777. The van der Waals surface area contributed by atoms with Crippen molar-refractivity contribution in [2.24, 2.45) is 0 Å². The van der Waals surface area contributed by atoms with E-state index in [1.54, 1.807) is 12.1 Å². The summed E-state index contributed by atoms with van der Waals surface area (Å²) in [6.07, 6.45) is 0.707. The number of halogens is 1. The SMILES string of the molecule is Cc1cccc(-c2nc(N)sc2Cc2ccc(F)cc2)c1. The van der Waals surface area contributed by atoms with Crippen LogP contribution in [0.5, 0.6) is 0 Å². The fourth-order valence-electron chi connectivity index (χ4n) is 2.30. The van der Waals surface area contributed by atoms with Crippen molar-refractivity contribution in [3.8, 4) is 11.3 Å². The maximum atomic E-state index is 13.0. The molecule has 21 heavy (non-hydrogen) atoms. The van der Waals surface area contributed by atoms with Crippen LogP contribution >= 0.6 is 11.3 Å². The van der Waals surface area contributed by atoms with E-state index in [9.17, 15) is 4.39 Å². The van der Waals surface area contributed by atoms with E-state index in [1.165, 1.54) is 29.0 Å². The van der Waals surface area contributed by atoms with Gasteiger partial charge in [-0.2, -0.15) is 0 Å². The molecule has 0 saturated heterocycles. The molecule has 1 heterocycles. The monoisotopic (exact) mass is 298 g/mol. The molecule has 0 spiro atoms. The van der Waals surface area contributed by atoms with Crippen LogP contribution in [0.2, 0.25) is 0 Å². The van der Waals surface area contributed by atoms with Crippen molar-refractivity contribution < 1.29 is 4.39 Å². The van der Waals surface area contributed by atoms with Crippen LogP contribution < -0.4 is 5.73 Å². The van der Waals surface area contributed by atoms with Gasteiger partial charge in [0.15, 0.2) is 5.13 Å². The van der Waals surface area contributed by atoms with E-state index >= 15 is 0 Å². The van der Waals surface area contributed by atoms with Gasteiger partial charge >= 0.3 is 0 Å². The van der Waals surface area contributed by atoms with Gasteiger partial charge in [0.25, 0.3) is 0 Å². The fourth-order valence-corrected chi connectivity index (χ4v) is 3.18. The first-order valence-corrected chi connectivity index (χ1v) is 7.50. The topological polar surface area (TPSA) is 38.9 Å². The van der Waals surface area contributed by atoms with Crippen LogP contribution in [0.1, 0.15) is 16.0 Å². The molecule has 0 aliphatic rings. The summed E-state index contributed by atoms with van der Waals surface area (Å²) < 4.78 is 13.0. The predicted octanol–water partition coefficient (Wildman–Crippen LogP) is 4.43. The van der Waals surface area contributed by atoms with E-state index in [0.717, 1.165) is 21.7 Å². The summed E-state index contributed by atoms with van der Waals surface area (Å²) >= 11 is 1.49. The number of anilines is 1. The van der Waals surface area contributed by atoms with E-state index in [-0.39, 0.29) is 5.82 Å². The Balaban J connectivity index is 1.98. The maximum Gasteiger partial charge on any atom is 0.180 e. The van der Waals surface area contributed by atoms with Crippen molar-refractivity contribution >= 4 is 16.5 Å². The summed E-state index contributed by atoms with van der Waals surface area (Å²) in [6.45, 7) is 2.05. The molecular weight excluding hydrogens is 283 g/mol. The third kappa shape index (κ3) is 3.11. The molecule has 0 unspecified atom stereocenters. The summed E-state index contributed by atoms with van der Waals surface area (Å²) in [7, 11) is 0. The van der Waals surface area contributed by atoms with Gasteiger partial charge in [-0.1, -0.05) is 35.9 Å². The molecule has 0 aliphatic heterocycles. The Morgan fingerprint density at radius 1 is 1.14 bits per heavy atom. The van der Waals surface area contributed by atoms with Crippen molar-refractivity contribution in [1.29, 1.82) is 0 Å². The molecule has 0 aliphatic carbocycles. The van der Waals surface area contributed by atoms with E-state index < -0.39 is 0 Å². The van der Waals surface area contributed by atoms with E-state index in [0.29, 0.717) is 11.6 Å². The second kappa shape index (κ2) is 5.66. The molecule has 0 radical (unpaired) electrons. The Morgan fingerprint density at radius 3 is 2.62 bits per heavy atom. The number of thiazole rings is 1. The average Bonchev–Trinajstić information content (AvgIpc) is 2.82. The Bertz CT molecular complexity index is 763. The minimum atomic E-state index is -0.221. The number of nitrogen functional groups attached to an aromatic ring is 1. The lowest BCUT2D eigenvalue weighted by molar-refractivity contribution is 0.627. The lowest BCUT2D eigenvalue weighted by Gasteiger charge is -2.04. The van der Waals surface area contributed by atoms with Crippen molar-refractivity contribution in [2.75, 3.05) is 5.73 Å². The van der Waals surface area contributed by atoms with Crippen LogP contribution in [0.25, 0.3) is 11.3 Å². The van der Waals surface area contributed by atoms with Crippen molar-refractivity contribution in [2.45, 2.75) is 13.3 Å². The lowest BCUT2D eigenvalue weighted by Crippen LogP contribution is -1.90. The Morgan fingerprint density at radius 2 is 1.90 bits per heavy atom. The molecule has 0 fully saturated rings. The molecular formula is C17H15FN2S. The molecule has 0 bridgehead atoms. The zero-order valence-corrected chi connectivity index (χ0v) is 12.5. The predicted molar refractivity (Wildman–Crippen MR) is 85.9 cm³/mol. The summed E-state index contributed by atoms with van der Waals surface area (Å²) in [5, 5.41) is 0.559. The molecule has 0 atom stereocenters. The second-order valence-electron chi connectivity index (χ2n) is 5.00. The number of hydrogen-bond donors (Lipinski definition) is 1. The van der Waals surface area contributed by atoms with Gasteiger partial charge in [-0.3, -0.25) is 0 Å². The van der Waals surface area contributed by atoms with E-state index in [4.69, 9.17) is 5.73 Å². The summed E-state index contributed by atoms with van der Waals surface area (Å²) in [6, 6.07) is 14.8. The van der Waals surface area contributed by atoms with Crippen LogP contribution in [0.15, 0.2) is 48.5 Å². The highest BCUT2D eigenvalue weighted by atomic mass is 32.1. The van der Waals surface area contributed by atoms with Crippen LogP contribution in [0, 0.1) is 12.7 Å². The molecule has 0 saturated carbocycles. The highest BCUT2D eigenvalue weighted by Gasteiger charge is 2.12. The largest absolute Gasteiger partial charge is 0.375 e. The first kappa shape index (κ1) is 13.8. The van der Waals surface area contributed by atoms with E-state index in [1.807, 2.05) is 12.1 Å². The lowest BCUT2D eigenvalue weighted by atomic mass is 10.0. The number of hydrogen-bond acceptors (Lipinski definition) is 3. The highest BCUT2D eigenvalue weighted by Crippen LogP contribution is 2.31. The minimum Gasteiger partial charge on any atom is -0.375 e.